The van der Waals surface area contributed by atoms with Crippen molar-refractivity contribution in [3.05, 3.63) is 34.9 Å². The van der Waals surface area contributed by atoms with Crippen molar-refractivity contribution in [1.82, 2.24) is 10.6 Å². The van der Waals surface area contributed by atoms with Crippen LogP contribution in [-0.4, -0.2) is 25.1 Å². The fourth-order valence-corrected chi connectivity index (χ4v) is 2.36. The molecule has 3 rings (SSSR count). The van der Waals surface area contributed by atoms with E-state index in [4.69, 9.17) is 11.6 Å². The third-order valence-corrected chi connectivity index (χ3v) is 3.56. The van der Waals surface area contributed by atoms with Crippen molar-refractivity contribution in [1.29, 1.82) is 0 Å². The summed E-state index contributed by atoms with van der Waals surface area (Å²) >= 11 is 5.88. The SMILES string of the molecule is Clc1ccc(C2CC2NC2=NCCCN2)cc1.I. The van der Waals surface area contributed by atoms with Crippen molar-refractivity contribution in [2.45, 2.75) is 24.8 Å². The number of nitrogens with zero attached hydrogens (tertiary/aromatic N) is 1. The highest BCUT2D eigenvalue weighted by molar-refractivity contribution is 14.0. The minimum Gasteiger partial charge on any atom is -0.356 e. The van der Waals surface area contributed by atoms with Gasteiger partial charge in [0.2, 0.25) is 0 Å². The third-order valence-electron chi connectivity index (χ3n) is 3.31. The Morgan fingerprint density at radius 1 is 1.28 bits per heavy atom. The Hall–Kier alpha value is -0.490. The van der Waals surface area contributed by atoms with Crippen molar-refractivity contribution in [2.24, 2.45) is 4.99 Å². The molecule has 1 fully saturated rings. The van der Waals surface area contributed by atoms with Gasteiger partial charge in [-0.15, -0.1) is 24.0 Å². The first-order valence-corrected chi connectivity index (χ1v) is 6.51. The number of aliphatic imine (C=N–C) groups is 1. The lowest BCUT2D eigenvalue weighted by Gasteiger charge is -2.16. The predicted molar refractivity (Wildman–Crippen MR) is 86.1 cm³/mol. The van der Waals surface area contributed by atoms with Crippen molar-refractivity contribution in [3.63, 3.8) is 0 Å². The van der Waals surface area contributed by atoms with E-state index in [1.807, 2.05) is 12.1 Å². The molecule has 0 spiro atoms. The number of hydrogen-bond donors (Lipinski definition) is 2. The summed E-state index contributed by atoms with van der Waals surface area (Å²) < 4.78 is 0. The smallest absolute Gasteiger partial charge is 0.191 e. The van der Waals surface area contributed by atoms with Gasteiger partial charge in [0, 0.05) is 30.1 Å². The Morgan fingerprint density at radius 3 is 2.72 bits per heavy atom. The predicted octanol–water partition coefficient (Wildman–Crippen LogP) is 2.75. The average Bonchev–Trinajstić information content (AvgIpc) is 3.11. The summed E-state index contributed by atoms with van der Waals surface area (Å²) in [6, 6.07) is 8.68. The molecule has 1 aromatic rings. The Morgan fingerprint density at radius 2 is 2.06 bits per heavy atom. The monoisotopic (exact) mass is 377 g/mol. The summed E-state index contributed by atoms with van der Waals surface area (Å²) in [6.07, 6.45) is 2.32. The minimum atomic E-state index is 0. The lowest BCUT2D eigenvalue weighted by Crippen LogP contribution is -2.42. The molecule has 1 aliphatic heterocycles. The van der Waals surface area contributed by atoms with Crippen LogP contribution in [0, 0.1) is 0 Å². The second-order valence-corrected chi connectivity index (χ2v) is 5.09. The first-order chi connectivity index (χ1) is 8.33. The third kappa shape index (κ3) is 3.29. The van der Waals surface area contributed by atoms with Crippen LogP contribution >= 0.6 is 35.6 Å². The molecule has 1 saturated carbocycles. The maximum atomic E-state index is 5.88. The molecule has 0 amide bonds. The van der Waals surface area contributed by atoms with Gasteiger partial charge in [-0.1, -0.05) is 23.7 Å². The van der Waals surface area contributed by atoms with Gasteiger partial charge >= 0.3 is 0 Å². The maximum Gasteiger partial charge on any atom is 0.191 e. The molecular formula is C13H17ClIN3. The number of rotatable bonds is 2. The van der Waals surface area contributed by atoms with E-state index >= 15 is 0 Å². The Balaban J connectivity index is 0.00000120. The molecule has 0 aromatic heterocycles. The van der Waals surface area contributed by atoms with E-state index in [9.17, 15) is 0 Å². The molecule has 0 saturated heterocycles. The highest BCUT2D eigenvalue weighted by Gasteiger charge is 2.39. The first kappa shape index (κ1) is 13.9. The van der Waals surface area contributed by atoms with Crippen LogP contribution in [0.3, 0.4) is 0 Å². The topological polar surface area (TPSA) is 36.4 Å². The van der Waals surface area contributed by atoms with Gasteiger partial charge in [-0.25, -0.2) is 0 Å². The van der Waals surface area contributed by atoms with Crippen molar-refractivity contribution in [2.75, 3.05) is 13.1 Å². The highest BCUT2D eigenvalue weighted by atomic mass is 127. The van der Waals surface area contributed by atoms with Crippen LogP contribution in [-0.2, 0) is 0 Å². The molecular weight excluding hydrogens is 361 g/mol. The fourth-order valence-electron chi connectivity index (χ4n) is 2.24. The van der Waals surface area contributed by atoms with Gasteiger partial charge in [0.1, 0.15) is 0 Å². The van der Waals surface area contributed by atoms with Crippen molar-refractivity contribution >= 4 is 41.5 Å². The Kier molecular flexibility index (Phi) is 4.72. The molecule has 3 nitrogen and oxygen atoms in total. The lowest BCUT2D eigenvalue weighted by molar-refractivity contribution is 0.696. The molecule has 1 aromatic carbocycles. The normalized spacial score (nSPS) is 25.5. The van der Waals surface area contributed by atoms with Gasteiger partial charge in [0.15, 0.2) is 5.96 Å². The largest absolute Gasteiger partial charge is 0.356 e. The molecule has 1 heterocycles. The number of hydrogen-bond acceptors (Lipinski definition) is 3. The molecule has 2 aliphatic rings. The van der Waals surface area contributed by atoms with E-state index < -0.39 is 0 Å². The molecule has 2 atom stereocenters. The van der Waals surface area contributed by atoms with Crippen LogP contribution in [0.4, 0.5) is 0 Å². The Labute approximate surface area is 129 Å². The molecule has 18 heavy (non-hydrogen) atoms. The number of benzene rings is 1. The van der Waals surface area contributed by atoms with Crippen LogP contribution in [0.25, 0.3) is 0 Å². The zero-order chi connectivity index (χ0) is 11.7. The quantitative estimate of drug-likeness (QED) is 0.778. The number of guanidine groups is 1. The van der Waals surface area contributed by atoms with Crippen molar-refractivity contribution in [3.8, 4) is 0 Å². The van der Waals surface area contributed by atoms with E-state index in [0.717, 1.165) is 30.5 Å². The number of nitrogens with one attached hydrogen (secondary N) is 2. The molecule has 1 aliphatic carbocycles. The van der Waals surface area contributed by atoms with Crippen LogP contribution in [0.1, 0.15) is 24.3 Å². The van der Waals surface area contributed by atoms with Gasteiger partial charge in [0.05, 0.1) is 0 Å². The molecule has 2 N–H and O–H groups in total. The van der Waals surface area contributed by atoms with Gasteiger partial charge in [0.25, 0.3) is 0 Å². The van der Waals surface area contributed by atoms with Gasteiger partial charge < -0.3 is 10.6 Å². The fraction of sp³-hybridized carbons (Fsp3) is 0.462. The molecule has 5 heteroatoms. The van der Waals surface area contributed by atoms with Crippen LogP contribution < -0.4 is 10.6 Å². The van der Waals surface area contributed by atoms with E-state index in [0.29, 0.717) is 12.0 Å². The minimum absolute atomic E-state index is 0. The number of halogens is 2. The van der Waals surface area contributed by atoms with E-state index in [1.54, 1.807) is 0 Å². The van der Waals surface area contributed by atoms with Gasteiger partial charge in [-0.05, 0) is 30.5 Å². The van der Waals surface area contributed by atoms with Crippen molar-refractivity contribution < 1.29 is 0 Å². The standard InChI is InChI=1S/C13H16ClN3.HI/c14-10-4-2-9(3-5-10)11-8-12(11)17-13-15-6-1-7-16-13;/h2-5,11-12H,1,6-8H2,(H2,15,16,17);1H. The zero-order valence-electron chi connectivity index (χ0n) is 10.0. The summed E-state index contributed by atoms with van der Waals surface area (Å²) in [5.74, 6) is 1.58. The molecule has 2 unspecified atom stereocenters. The zero-order valence-corrected chi connectivity index (χ0v) is 13.1. The van der Waals surface area contributed by atoms with Gasteiger partial charge in [-0.2, -0.15) is 0 Å². The summed E-state index contributed by atoms with van der Waals surface area (Å²) in [4.78, 5) is 4.43. The molecule has 0 bridgehead atoms. The molecule has 0 radical (unpaired) electrons. The van der Waals surface area contributed by atoms with E-state index in [2.05, 4.69) is 27.8 Å². The second-order valence-electron chi connectivity index (χ2n) is 4.66. The van der Waals surface area contributed by atoms with E-state index in [-0.39, 0.29) is 24.0 Å². The Bertz CT molecular complexity index is 432. The van der Waals surface area contributed by atoms with Gasteiger partial charge in [-0.3, -0.25) is 4.99 Å². The average molecular weight is 378 g/mol. The van der Waals surface area contributed by atoms with Crippen LogP contribution in [0.5, 0.6) is 0 Å². The summed E-state index contributed by atoms with van der Waals surface area (Å²) in [7, 11) is 0. The first-order valence-electron chi connectivity index (χ1n) is 6.13. The molecule has 98 valence electrons. The lowest BCUT2D eigenvalue weighted by atomic mass is 10.1. The second kappa shape index (κ2) is 6.10. The maximum absolute atomic E-state index is 5.88. The van der Waals surface area contributed by atoms with Crippen LogP contribution in [0.2, 0.25) is 5.02 Å². The highest BCUT2D eigenvalue weighted by Crippen LogP contribution is 2.40. The van der Waals surface area contributed by atoms with Crippen LogP contribution in [0.15, 0.2) is 29.3 Å². The summed E-state index contributed by atoms with van der Waals surface area (Å²) in [6.45, 7) is 1.97. The van der Waals surface area contributed by atoms with E-state index in [1.165, 1.54) is 12.0 Å². The summed E-state index contributed by atoms with van der Waals surface area (Å²) in [5, 5.41) is 7.55. The summed E-state index contributed by atoms with van der Waals surface area (Å²) in [5.41, 5.74) is 1.36.